The average Bonchev–Trinajstić information content (AvgIpc) is 3.07. The van der Waals surface area contributed by atoms with E-state index < -0.39 is 10.0 Å². The van der Waals surface area contributed by atoms with Crippen LogP contribution in [0.1, 0.15) is 24.0 Å². The zero-order valence-electron chi connectivity index (χ0n) is 15.2. The van der Waals surface area contributed by atoms with Crippen molar-refractivity contribution in [2.24, 2.45) is 4.40 Å². The van der Waals surface area contributed by atoms with Crippen molar-refractivity contribution in [3.05, 3.63) is 65.7 Å². The fraction of sp³-hybridized carbons (Fsp3) is 0.300. The lowest BCUT2D eigenvalue weighted by Crippen LogP contribution is -2.29. The van der Waals surface area contributed by atoms with E-state index in [2.05, 4.69) is 4.40 Å². The third-order valence-electron chi connectivity index (χ3n) is 4.31. The number of carbonyl (C=O) groups is 1. The number of rotatable bonds is 6. The summed E-state index contributed by atoms with van der Waals surface area (Å²) in [4.78, 5) is 13.5. The predicted molar refractivity (Wildman–Crippen MR) is 103 cm³/mol. The van der Waals surface area contributed by atoms with Crippen LogP contribution in [0.2, 0.25) is 0 Å². The van der Waals surface area contributed by atoms with Crippen molar-refractivity contribution in [1.29, 1.82) is 0 Å². The third kappa shape index (κ3) is 4.95. The maximum atomic E-state index is 12.7. The molecule has 0 spiro atoms. The van der Waals surface area contributed by atoms with Crippen LogP contribution in [0.4, 0.5) is 0 Å². The van der Waals surface area contributed by atoms with Gasteiger partial charge in [0.05, 0.1) is 11.4 Å². The Hall–Kier alpha value is -2.67. The number of carbonyl (C=O) groups excluding carboxylic acids is 1. The smallest absolute Gasteiger partial charge is 0.285 e. The molecule has 1 amide bonds. The number of sulfonamides is 1. The number of ether oxygens (including phenoxy) is 1. The van der Waals surface area contributed by atoms with Crippen LogP contribution < -0.4 is 0 Å². The molecule has 1 fully saturated rings. The van der Waals surface area contributed by atoms with Gasteiger partial charge in [-0.3, -0.25) is 4.79 Å². The molecule has 1 aliphatic heterocycles. The largest absolute Gasteiger partial charge is 0.475 e. The number of hydrogen-bond acceptors (Lipinski definition) is 4. The van der Waals surface area contributed by atoms with E-state index >= 15 is 0 Å². The minimum absolute atomic E-state index is 0.0304. The van der Waals surface area contributed by atoms with Crippen LogP contribution in [0.5, 0.6) is 0 Å². The van der Waals surface area contributed by atoms with Gasteiger partial charge in [0.1, 0.15) is 6.61 Å². The van der Waals surface area contributed by atoms with Gasteiger partial charge in [0.2, 0.25) is 11.8 Å². The molecule has 142 valence electrons. The molecule has 0 unspecified atom stereocenters. The second-order valence-corrected chi connectivity index (χ2v) is 7.99. The van der Waals surface area contributed by atoms with E-state index in [-0.39, 0.29) is 23.3 Å². The molecule has 1 heterocycles. The quantitative estimate of drug-likeness (QED) is 0.565. The highest BCUT2D eigenvalue weighted by atomic mass is 32.2. The molecule has 0 aliphatic carbocycles. The van der Waals surface area contributed by atoms with Gasteiger partial charge in [-0.1, -0.05) is 35.9 Å². The van der Waals surface area contributed by atoms with E-state index in [0.29, 0.717) is 25.1 Å². The molecule has 0 atom stereocenters. The van der Waals surface area contributed by atoms with Gasteiger partial charge < -0.3 is 9.64 Å². The van der Waals surface area contributed by atoms with E-state index in [4.69, 9.17) is 4.74 Å². The fourth-order valence-corrected chi connectivity index (χ4v) is 3.77. The van der Waals surface area contributed by atoms with Gasteiger partial charge >= 0.3 is 0 Å². The lowest BCUT2D eigenvalue weighted by atomic mass is 10.2. The third-order valence-corrected chi connectivity index (χ3v) is 5.59. The monoisotopic (exact) mass is 386 g/mol. The summed E-state index contributed by atoms with van der Waals surface area (Å²) in [5.41, 5.74) is 1.54. The van der Waals surface area contributed by atoms with Crippen LogP contribution >= 0.6 is 0 Å². The summed E-state index contributed by atoms with van der Waals surface area (Å²) in [6.07, 6.45) is 1.40. The van der Waals surface area contributed by atoms with E-state index in [1.165, 1.54) is 12.1 Å². The molecule has 0 aromatic heterocycles. The SMILES string of the molecule is Cc1ccc(S(=O)(=O)/N=C(\OCCN2CCCC2=O)c2ccccc2)cc1. The van der Waals surface area contributed by atoms with Gasteiger partial charge in [-0.05, 0) is 37.6 Å². The molecule has 2 aromatic rings. The first-order chi connectivity index (χ1) is 13.0. The molecule has 3 rings (SSSR count). The first-order valence-corrected chi connectivity index (χ1v) is 10.3. The Kier molecular flexibility index (Phi) is 5.91. The van der Waals surface area contributed by atoms with Crippen LogP contribution in [0.25, 0.3) is 0 Å². The Morgan fingerprint density at radius 1 is 1.11 bits per heavy atom. The molecular weight excluding hydrogens is 364 g/mol. The second-order valence-electron chi connectivity index (χ2n) is 6.38. The number of likely N-dealkylation sites (tertiary alicyclic amines) is 1. The van der Waals surface area contributed by atoms with Gasteiger partial charge in [0.15, 0.2) is 0 Å². The first kappa shape index (κ1) is 19.1. The molecular formula is C20H22N2O4S. The Morgan fingerprint density at radius 3 is 2.44 bits per heavy atom. The number of benzene rings is 2. The van der Waals surface area contributed by atoms with Crippen molar-refractivity contribution < 1.29 is 17.9 Å². The molecule has 0 bridgehead atoms. The normalized spacial score (nSPS) is 15.2. The minimum atomic E-state index is -3.90. The highest BCUT2D eigenvalue weighted by molar-refractivity contribution is 7.90. The zero-order valence-corrected chi connectivity index (χ0v) is 16.0. The van der Waals surface area contributed by atoms with Crippen LogP contribution in [0.3, 0.4) is 0 Å². The van der Waals surface area contributed by atoms with Crippen molar-refractivity contribution in [3.8, 4) is 0 Å². The fourth-order valence-electron chi connectivity index (χ4n) is 2.81. The Bertz CT molecular complexity index is 922. The van der Waals surface area contributed by atoms with Gasteiger partial charge in [-0.15, -0.1) is 4.40 Å². The van der Waals surface area contributed by atoms with Crippen molar-refractivity contribution in [1.82, 2.24) is 4.90 Å². The van der Waals surface area contributed by atoms with Gasteiger partial charge in [-0.25, -0.2) is 0 Å². The first-order valence-electron chi connectivity index (χ1n) is 8.83. The summed E-state index contributed by atoms with van der Waals surface area (Å²) in [7, 11) is -3.90. The summed E-state index contributed by atoms with van der Waals surface area (Å²) in [5.74, 6) is 0.131. The highest BCUT2D eigenvalue weighted by Gasteiger charge is 2.21. The average molecular weight is 386 g/mol. The molecule has 1 aliphatic rings. The molecule has 0 saturated carbocycles. The Morgan fingerprint density at radius 2 is 1.81 bits per heavy atom. The summed E-state index contributed by atoms with van der Waals surface area (Å²) >= 11 is 0. The molecule has 1 saturated heterocycles. The Labute approximate surface area is 159 Å². The summed E-state index contributed by atoms with van der Waals surface area (Å²) < 4.78 is 35.0. The van der Waals surface area contributed by atoms with E-state index in [0.717, 1.165) is 12.0 Å². The molecule has 6 nitrogen and oxygen atoms in total. The molecule has 2 aromatic carbocycles. The topological polar surface area (TPSA) is 76.0 Å². The highest BCUT2D eigenvalue weighted by Crippen LogP contribution is 2.16. The van der Waals surface area contributed by atoms with Gasteiger partial charge in [0.25, 0.3) is 10.0 Å². The molecule has 7 heteroatoms. The summed E-state index contributed by atoms with van der Waals surface area (Å²) in [6, 6.07) is 15.4. The molecule has 27 heavy (non-hydrogen) atoms. The van der Waals surface area contributed by atoms with Crippen LogP contribution in [0.15, 0.2) is 63.9 Å². The van der Waals surface area contributed by atoms with Crippen LogP contribution in [-0.4, -0.2) is 44.8 Å². The van der Waals surface area contributed by atoms with Crippen LogP contribution in [0, 0.1) is 6.92 Å². The van der Waals surface area contributed by atoms with Crippen molar-refractivity contribution in [2.75, 3.05) is 19.7 Å². The molecule has 0 N–H and O–H groups in total. The number of nitrogens with zero attached hydrogens (tertiary/aromatic N) is 2. The van der Waals surface area contributed by atoms with Crippen LogP contribution in [-0.2, 0) is 19.6 Å². The number of hydrogen-bond donors (Lipinski definition) is 0. The lowest BCUT2D eigenvalue weighted by molar-refractivity contribution is -0.128. The van der Waals surface area contributed by atoms with E-state index in [1.54, 1.807) is 41.3 Å². The predicted octanol–water partition coefficient (Wildman–Crippen LogP) is 2.77. The maximum Gasteiger partial charge on any atom is 0.285 e. The molecule has 0 radical (unpaired) electrons. The van der Waals surface area contributed by atoms with Gasteiger partial charge in [0, 0.05) is 18.5 Å². The zero-order chi connectivity index (χ0) is 19.3. The van der Waals surface area contributed by atoms with Crippen molar-refractivity contribution in [3.63, 3.8) is 0 Å². The Balaban J connectivity index is 1.82. The van der Waals surface area contributed by atoms with Gasteiger partial charge in [-0.2, -0.15) is 8.42 Å². The minimum Gasteiger partial charge on any atom is -0.475 e. The van der Waals surface area contributed by atoms with E-state index in [1.807, 2.05) is 13.0 Å². The standard InChI is InChI=1S/C20H22N2O4S/c1-16-9-11-18(12-10-16)27(24,25)21-20(17-6-3-2-4-7-17)26-15-14-22-13-5-8-19(22)23/h2-4,6-7,9-12H,5,8,13-15H2,1H3/b21-20-. The second kappa shape index (κ2) is 8.35. The lowest BCUT2D eigenvalue weighted by Gasteiger charge is -2.16. The number of aryl methyl sites for hydroxylation is 1. The summed E-state index contributed by atoms with van der Waals surface area (Å²) in [5, 5.41) is 0. The number of amides is 1. The van der Waals surface area contributed by atoms with E-state index in [9.17, 15) is 13.2 Å². The summed E-state index contributed by atoms with van der Waals surface area (Å²) in [6.45, 7) is 3.19. The van der Waals surface area contributed by atoms with Crippen molar-refractivity contribution >= 4 is 21.8 Å². The maximum absolute atomic E-state index is 12.7. The van der Waals surface area contributed by atoms with Crippen molar-refractivity contribution in [2.45, 2.75) is 24.7 Å².